The molecule has 2 unspecified atom stereocenters. The van der Waals surface area contributed by atoms with E-state index in [2.05, 4.69) is 25.2 Å². The Morgan fingerprint density at radius 3 is 2.30 bits per heavy atom. The third-order valence-electron chi connectivity index (χ3n) is 6.37. The molecular formula is C26H46N2O5. The summed E-state index contributed by atoms with van der Waals surface area (Å²) >= 11 is 0. The van der Waals surface area contributed by atoms with Gasteiger partial charge in [0, 0.05) is 39.1 Å². The molecule has 0 aliphatic carbocycles. The molecule has 0 aliphatic rings. The number of methoxy groups -OCH3 is 2. The molecule has 33 heavy (non-hydrogen) atoms. The van der Waals surface area contributed by atoms with E-state index in [4.69, 9.17) is 19.9 Å². The Bertz CT molecular complexity index is 695. The fourth-order valence-corrected chi connectivity index (χ4v) is 4.05. The summed E-state index contributed by atoms with van der Waals surface area (Å²) in [6, 6.07) is 5.62. The number of hydrogen-bond donors (Lipinski definition) is 3. The predicted octanol–water partition coefficient (Wildman–Crippen LogP) is 3.41. The van der Waals surface area contributed by atoms with E-state index < -0.39 is 12.1 Å². The number of aliphatic hydroxyl groups is 1. The van der Waals surface area contributed by atoms with E-state index in [1.165, 1.54) is 0 Å². The highest BCUT2D eigenvalue weighted by Crippen LogP contribution is 2.31. The zero-order chi connectivity index (χ0) is 25.0. The van der Waals surface area contributed by atoms with Crippen molar-refractivity contribution in [2.45, 2.75) is 65.5 Å². The molecule has 0 saturated carbocycles. The molecule has 0 spiro atoms. The molecule has 0 saturated heterocycles. The molecule has 0 bridgehead atoms. The van der Waals surface area contributed by atoms with Crippen LogP contribution < -0.4 is 20.5 Å². The van der Waals surface area contributed by atoms with E-state index in [-0.39, 0.29) is 23.7 Å². The first kappa shape index (κ1) is 29.2. The summed E-state index contributed by atoms with van der Waals surface area (Å²) < 4.78 is 16.5. The monoisotopic (exact) mass is 466 g/mol. The lowest BCUT2D eigenvalue weighted by Crippen LogP contribution is -2.42. The minimum absolute atomic E-state index is 0.0482. The van der Waals surface area contributed by atoms with Gasteiger partial charge in [-0.25, -0.2) is 0 Å². The molecule has 0 radical (unpaired) electrons. The number of carbonyl (C=O) groups is 1. The van der Waals surface area contributed by atoms with Crippen LogP contribution in [0.15, 0.2) is 18.2 Å². The molecule has 1 aromatic carbocycles. The van der Waals surface area contributed by atoms with Crippen LogP contribution in [0.5, 0.6) is 11.5 Å². The van der Waals surface area contributed by atoms with Crippen LogP contribution in [0.3, 0.4) is 0 Å². The highest BCUT2D eigenvalue weighted by Gasteiger charge is 2.29. The third-order valence-corrected chi connectivity index (χ3v) is 6.37. The zero-order valence-corrected chi connectivity index (χ0v) is 21.6. The topological polar surface area (TPSA) is 103 Å². The van der Waals surface area contributed by atoms with Crippen LogP contribution in [0.2, 0.25) is 0 Å². The Morgan fingerprint density at radius 2 is 1.76 bits per heavy atom. The number of nitrogens with two attached hydrogens (primary N) is 1. The van der Waals surface area contributed by atoms with Gasteiger partial charge in [0.2, 0.25) is 5.91 Å². The Balaban J connectivity index is 2.85. The predicted molar refractivity (Wildman–Crippen MR) is 133 cm³/mol. The maximum atomic E-state index is 12.2. The summed E-state index contributed by atoms with van der Waals surface area (Å²) in [4.78, 5) is 12.2. The summed E-state index contributed by atoms with van der Waals surface area (Å²) in [6.07, 6.45) is 1.93. The molecule has 1 amide bonds. The van der Waals surface area contributed by atoms with Crippen molar-refractivity contribution in [2.75, 3.05) is 34.5 Å². The molecule has 7 nitrogen and oxygen atoms in total. The van der Waals surface area contributed by atoms with Crippen LogP contribution in [-0.4, -0.2) is 57.6 Å². The van der Waals surface area contributed by atoms with Crippen molar-refractivity contribution < 1.29 is 24.1 Å². The van der Waals surface area contributed by atoms with Gasteiger partial charge >= 0.3 is 0 Å². The van der Waals surface area contributed by atoms with E-state index in [9.17, 15) is 9.90 Å². The molecule has 0 aromatic heterocycles. The Kier molecular flexibility index (Phi) is 13.4. The number of nitrogens with one attached hydrogen (secondary N) is 1. The number of carbonyl (C=O) groups excluding carboxylic acids is 1. The van der Waals surface area contributed by atoms with Crippen molar-refractivity contribution in [3.8, 4) is 11.5 Å². The van der Waals surface area contributed by atoms with E-state index in [0.717, 1.165) is 24.2 Å². The van der Waals surface area contributed by atoms with Crippen molar-refractivity contribution in [3.05, 3.63) is 23.8 Å². The van der Waals surface area contributed by atoms with Gasteiger partial charge in [-0.15, -0.1) is 0 Å². The van der Waals surface area contributed by atoms with Gasteiger partial charge in [-0.1, -0.05) is 33.8 Å². The van der Waals surface area contributed by atoms with E-state index in [1.54, 1.807) is 21.3 Å². The smallest absolute Gasteiger partial charge is 0.223 e. The van der Waals surface area contributed by atoms with Crippen LogP contribution in [0, 0.1) is 23.7 Å². The number of amides is 1. The standard InChI is InChI=1S/C26H46N2O5/c1-17(2)20(15-22(27)23(29)16-21(18(3)4)26(30)28-5)13-19-9-10-24(32-7)25(14-19)33-12-8-11-31-6/h9-10,14,17-18,20-23,29H,8,11-13,15-16,27H2,1-7H3,(H,28,30)/t20-,21?,22-,23?/m0/s1. The van der Waals surface area contributed by atoms with Gasteiger partial charge < -0.3 is 30.4 Å². The first-order valence-corrected chi connectivity index (χ1v) is 12.1. The summed E-state index contributed by atoms with van der Waals surface area (Å²) in [5.41, 5.74) is 7.57. The van der Waals surface area contributed by atoms with Gasteiger partial charge in [-0.05, 0) is 54.7 Å². The second-order valence-electron chi connectivity index (χ2n) is 9.56. The summed E-state index contributed by atoms with van der Waals surface area (Å²) in [5.74, 6) is 1.93. The van der Waals surface area contributed by atoms with Gasteiger partial charge in [-0.2, -0.15) is 0 Å². The fraction of sp³-hybridized carbons (Fsp3) is 0.731. The highest BCUT2D eigenvalue weighted by molar-refractivity contribution is 5.78. The van der Waals surface area contributed by atoms with Gasteiger partial charge in [0.25, 0.3) is 0 Å². The van der Waals surface area contributed by atoms with Crippen molar-refractivity contribution in [3.63, 3.8) is 0 Å². The molecule has 4 N–H and O–H groups in total. The summed E-state index contributed by atoms with van der Waals surface area (Å²) in [6.45, 7) is 9.55. The normalized spacial score (nSPS) is 15.2. The van der Waals surface area contributed by atoms with Crippen LogP contribution >= 0.6 is 0 Å². The van der Waals surface area contributed by atoms with Crippen LogP contribution in [-0.2, 0) is 16.0 Å². The molecule has 7 heteroatoms. The second-order valence-corrected chi connectivity index (χ2v) is 9.56. The van der Waals surface area contributed by atoms with E-state index in [1.807, 2.05) is 26.0 Å². The lowest BCUT2D eigenvalue weighted by molar-refractivity contribution is -0.127. The average Bonchev–Trinajstić information content (AvgIpc) is 2.78. The zero-order valence-electron chi connectivity index (χ0n) is 21.6. The molecule has 1 rings (SSSR count). The van der Waals surface area contributed by atoms with Crippen LogP contribution in [0.25, 0.3) is 0 Å². The maximum Gasteiger partial charge on any atom is 0.223 e. The van der Waals surface area contributed by atoms with E-state index >= 15 is 0 Å². The Labute approximate surface area is 200 Å². The second kappa shape index (κ2) is 15.1. The van der Waals surface area contributed by atoms with Crippen LogP contribution in [0.1, 0.15) is 52.5 Å². The lowest BCUT2D eigenvalue weighted by Gasteiger charge is -2.30. The first-order chi connectivity index (χ1) is 15.6. The highest BCUT2D eigenvalue weighted by atomic mass is 16.5. The van der Waals surface area contributed by atoms with Crippen molar-refractivity contribution >= 4 is 5.91 Å². The van der Waals surface area contributed by atoms with Gasteiger partial charge in [0.1, 0.15) is 0 Å². The van der Waals surface area contributed by atoms with Gasteiger partial charge in [0.15, 0.2) is 11.5 Å². The first-order valence-electron chi connectivity index (χ1n) is 12.1. The maximum absolute atomic E-state index is 12.2. The van der Waals surface area contributed by atoms with E-state index in [0.29, 0.717) is 37.7 Å². The summed E-state index contributed by atoms with van der Waals surface area (Å²) in [5, 5.41) is 13.5. The summed E-state index contributed by atoms with van der Waals surface area (Å²) in [7, 11) is 4.94. The fourth-order valence-electron chi connectivity index (χ4n) is 4.05. The molecular weight excluding hydrogens is 420 g/mol. The average molecular weight is 467 g/mol. The number of benzene rings is 1. The third kappa shape index (κ3) is 9.90. The SMILES string of the molecule is CNC(=O)C(CC(O)[C@@H](N)C[C@H](Cc1ccc(OC)c(OCCCOC)c1)C(C)C)C(C)C. The van der Waals surface area contributed by atoms with Crippen molar-refractivity contribution in [2.24, 2.45) is 29.4 Å². The van der Waals surface area contributed by atoms with Crippen LogP contribution in [0.4, 0.5) is 0 Å². The van der Waals surface area contributed by atoms with Crippen molar-refractivity contribution in [1.82, 2.24) is 5.32 Å². The van der Waals surface area contributed by atoms with Gasteiger partial charge in [-0.3, -0.25) is 4.79 Å². The quantitative estimate of drug-likeness (QED) is 0.323. The van der Waals surface area contributed by atoms with Crippen molar-refractivity contribution in [1.29, 1.82) is 0 Å². The van der Waals surface area contributed by atoms with Gasteiger partial charge in [0.05, 0.1) is 19.8 Å². The molecule has 4 atom stereocenters. The Morgan fingerprint density at radius 1 is 1.06 bits per heavy atom. The number of rotatable bonds is 16. The number of hydrogen-bond acceptors (Lipinski definition) is 6. The Hall–Kier alpha value is -1.83. The number of ether oxygens (including phenoxy) is 3. The molecule has 0 aliphatic heterocycles. The minimum Gasteiger partial charge on any atom is -0.493 e. The largest absolute Gasteiger partial charge is 0.493 e. The molecule has 1 aromatic rings. The lowest BCUT2D eigenvalue weighted by atomic mass is 9.81. The number of aliphatic hydroxyl groups excluding tert-OH is 1. The molecule has 0 fully saturated rings. The minimum atomic E-state index is -0.730. The molecule has 190 valence electrons. The molecule has 0 heterocycles.